The lowest BCUT2D eigenvalue weighted by molar-refractivity contribution is -0.139. The number of carbonyl (C=O) groups excluding carboxylic acids is 2. The first-order chi connectivity index (χ1) is 18.7. The molecule has 3 rings (SSSR count). The Hall–Kier alpha value is -3.65. The van der Waals surface area contributed by atoms with Crippen LogP contribution in [0.15, 0.2) is 89.8 Å². The third kappa shape index (κ3) is 7.69. The molecule has 8 heteroatoms. The monoisotopic (exact) mass is 549 g/mol. The molecule has 0 unspecified atom stereocenters. The molecule has 0 aliphatic carbocycles. The van der Waals surface area contributed by atoms with Crippen molar-refractivity contribution in [2.45, 2.75) is 63.9 Å². The second kappa shape index (κ2) is 13.9. The van der Waals surface area contributed by atoms with Crippen LogP contribution in [0.2, 0.25) is 0 Å². The van der Waals surface area contributed by atoms with Crippen LogP contribution in [0, 0.1) is 0 Å². The number of nitrogens with zero attached hydrogens (tertiary/aromatic N) is 2. The van der Waals surface area contributed by atoms with E-state index in [0.717, 1.165) is 11.1 Å². The zero-order chi connectivity index (χ0) is 28.4. The number of rotatable bonds is 13. The van der Waals surface area contributed by atoms with Crippen LogP contribution in [0.4, 0.5) is 5.69 Å². The number of carbonyl (C=O) groups is 2. The van der Waals surface area contributed by atoms with Crippen LogP contribution in [0.1, 0.15) is 45.2 Å². The number of para-hydroxylation sites is 1. The highest BCUT2D eigenvalue weighted by Gasteiger charge is 2.34. The molecule has 3 aromatic rings. The molecule has 0 saturated carbocycles. The van der Waals surface area contributed by atoms with Gasteiger partial charge in [-0.1, -0.05) is 80.6 Å². The lowest BCUT2D eigenvalue weighted by Gasteiger charge is -2.34. The minimum absolute atomic E-state index is 0.0935. The summed E-state index contributed by atoms with van der Waals surface area (Å²) >= 11 is 0. The molecular formula is C31H39N3O4S. The predicted octanol–water partition coefficient (Wildman–Crippen LogP) is 4.82. The number of nitrogens with one attached hydrogen (secondary N) is 1. The van der Waals surface area contributed by atoms with Crippen molar-refractivity contribution in [3.05, 3.63) is 96.1 Å². The van der Waals surface area contributed by atoms with Crippen molar-refractivity contribution in [2.24, 2.45) is 0 Å². The molecule has 1 N–H and O–H groups in total. The largest absolute Gasteiger partial charge is 0.352 e. The summed E-state index contributed by atoms with van der Waals surface area (Å²) in [6.07, 6.45) is 1.53. The van der Waals surface area contributed by atoms with E-state index >= 15 is 0 Å². The smallest absolute Gasteiger partial charge is 0.264 e. The zero-order valence-corrected chi connectivity index (χ0v) is 24.0. The van der Waals surface area contributed by atoms with Gasteiger partial charge in [0.2, 0.25) is 11.8 Å². The Bertz CT molecular complexity index is 1330. The second-order valence-corrected chi connectivity index (χ2v) is 11.6. The van der Waals surface area contributed by atoms with Gasteiger partial charge in [0.1, 0.15) is 12.6 Å². The standard InChI is InChI=1S/C31H39N3O4S/c1-5-26-17-13-14-20-29(26)34(39(37,38)27-18-11-8-12-19-27)23-30(35)33(22-21-25-15-9-7-10-16-25)28(6-2)31(36)32-24(3)4/h7-20,24,28H,5-6,21-23H2,1-4H3,(H,32,36)/t28-/m1/s1. The first-order valence-electron chi connectivity index (χ1n) is 13.5. The van der Waals surface area contributed by atoms with E-state index in [-0.39, 0.29) is 23.4 Å². The summed E-state index contributed by atoms with van der Waals surface area (Å²) in [6.45, 7) is 7.41. The summed E-state index contributed by atoms with van der Waals surface area (Å²) in [5.41, 5.74) is 2.30. The summed E-state index contributed by atoms with van der Waals surface area (Å²) < 4.78 is 29.1. The van der Waals surface area contributed by atoms with E-state index in [1.54, 1.807) is 30.3 Å². The Balaban J connectivity index is 2.03. The second-order valence-electron chi connectivity index (χ2n) is 9.72. The minimum atomic E-state index is -4.07. The van der Waals surface area contributed by atoms with Gasteiger partial charge in [-0.2, -0.15) is 0 Å². The van der Waals surface area contributed by atoms with Crippen molar-refractivity contribution in [1.82, 2.24) is 10.2 Å². The highest BCUT2D eigenvalue weighted by atomic mass is 32.2. The predicted molar refractivity (Wildman–Crippen MR) is 156 cm³/mol. The van der Waals surface area contributed by atoms with E-state index in [1.165, 1.54) is 21.3 Å². The molecule has 0 heterocycles. The van der Waals surface area contributed by atoms with Crippen molar-refractivity contribution in [1.29, 1.82) is 0 Å². The van der Waals surface area contributed by atoms with E-state index in [2.05, 4.69) is 5.32 Å². The molecular weight excluding hydrogens is 510 g/mol. The Labute approximate surface area is 232 Å². The molecule has 0 aliphatic heterocycles. The average molecular weight is 550 g/mol. The molecule has 2 amide bonds. The van der Waals surface area contributed by atoms with Gasteiger partial charge in [0, 0.05) is 12.6 Å². The van der Waals surface area contributed by atoms with Gasteiger partial charge >= 0.3 is 0 Å². The minimum Gasteiger partial charge on any atom is -0.352 e. The van der Waals surface area contributed by atoms with Gasteiger partial charge in [-0.05, 0) is 62.4 Å². The summed E-state index contributed by atoms with van der Waals surface area (Å²) in [5.74, 6) is -0.678. The SMILES string of the molecule is CCc1ccccc1N(CC(=O)N(CCc1ccccc1)[C@H](CC)C(=O)NC(C)C)S(=O)(=O)c1ccccc1. The molecule has 0 fully saturated rings. The lowest BCUT2D eigenvalue weighted by atomic mass is 10.1. The highest BCUT2D eigenvalue weighted by molar-refractivity contribution is 7.92. The molecule has 0 aromatic heterocycles. The molecule has 208 valence electrons. The van der Waals surface area contributed by atoms with Gasteiger partial charge in [-0.15, -0.1) is 0 Å². The molecule has 0 radical (unpaired) electrons. The van der Waals surface area contributed by atoms with Crippen LogP contribution in [0.5, 0.6) is 0 Å². The Morgan fingerprint density at radius 2 is 1.44 bits per heavy atom. The fraction of sp³-hybridized carbons (Fsp3) is 0.355. The normalized spacial score (nSPS) is 12.1. The molecule has 3 aromatic carbocycles. The first-order valence-corrected chi connectivity index (χ1v) is 14.9. The van der Waals surface area contributed by atoms with Gasteiger partial charge in [0.05, 0.1) is 10.6 Å². The Morgan fingerprint density at radius 1 is 0.846 bits per heavy atom. The van der Waals surface area contributed by atoms with E-state index in [4.69, 9.17) is 0 Å². The van der Waals surface area contributed by atoms with Crippen molar-refractivity contribution in [3.63, 3.8) is 0 Å². The molecule has 0 bridgehead atoms. The molecule has 0 saturated heterocycles. The average Bonchev–Trinajstić information content (AvgIpc) is 2.94. The number of amides is 2. The van der Waals surface area contributed by atoms with E-state index in [9.17, 15) is 18.0 Å². The number of hydrogen-bond acceptors (Lipinski definition) is 4. The van der Waals surface area contributed by atoms with Gasteiger partial charge < -0.3 is 10.2 Å². The Kier molecular flexibility index (Phi) is 10.7. The van der Waals surface area contributed by atoms with Crippen LogP contribution < -0.4 is 9.62 Å². The van der Waals surface area contributed by atoms with E-state index in [1.807, 2.05) is 70.2 Å². The van der Waals surface area contributed by atoms with Crippen molar-refractivity contribution < 1.29 is 18.0 Å². The van der Waals surface area contributed by atoms with Crippen LogP contribution in [-0.2, 0) is 32.5 Å². The quantitative estimate of drug-likeness (QED) is 0.331. The zero-order valence-electron chi connectivity index (χ0n) is 23.2. The maximum Gasteiger partial charge on any atom is 0.264 e. The number of aryl methyl sites for hydroxylation is 1. The number of hydrogen-bond donors (Lipinski definition) is 1. The van der Waals surface area contributed by atoms with Crippen molar-refractivity contribution in [3.8, 4) is 0 Å². The lowest BCUT2D eigenvalue weighted by Crippen LogP contribution is -2.54. The van der Waals surface area contributed by atoms with Crippen LogP contribution >= 0.6 is 0 Å². The molecule has 7 nitrogen and oxygen atoms in total. The maximum atomic E-state index is 14.1. The summed E-state index contributed by atoms with van der Waals surface area (Å²) in [4.78, 5) is 28.9. The summed E-state index contributed by atoms with van der Waals surface area (Å²) in [6, 6.07) is 24.3. The van der Waals surface area contributed by atoms with Gasteiger partial charge in [0.25, 0.3) is 10.0 Å². The third-order valence-electron chi connectivity index (χ3n) is 6.55. The molecule has 39 heavy (non-hydrogen) atoms. The van der Waals surface area contributed by atoms with E-state index in [0.29, 0.717) is 24.9 Å². The van der Waals surface area contributed by atoms with Crippen LogP contribution in [0.3, 0.4) is 0 Å². The van der Waals surface area contributed by atoms with E-state index < -0.39 is 28.5 Å². The number of sulfonamides is 1. The van der Waals surface area contributed by atoms with Crippen LogP contribution in [-0.4, -0.2) is 50.3 Å². The van der Waals surface area contributed by atoms with Gasteiger partial charge in [-0.3, -0.25) is 13.9 Å². The fourth-order valence-corrected chi connectivity index (χ4v) is 6.04. The number of benzene rings is 3. The third-order valence-corrected chi connectivity index (χ3v) is 8.33. The van der Waals surface area contributed by atoms with Gasteiger partial charge in [0.15, 0.2) is 0 Å². The van der Waals surface area contributed by atoms with Crippen molar-refractivity contribution in [2.75, 3.05) is 17.4 Å². The Morgan fingerprint density at radius 3 is 2.03 bits per heavy atom. The molecule has 0 aliphatic rings. The van der Waals surface area contributed by atoms with Gasteiger partial charge in [-0.25, -0.2) is 8.42 Å². The topological polar surface area (TPSA) is 86.8 Å². The van der Waals surface area contributed by atoms with Crippen molar-refractivity contribution >= 4 is 27.5 Å². The highest BCUT2D eigenvalue weighted by Crippen LogP contribution is 2.28. The summed E-state index contributed by atoms with van der Waals surface area (Å²) in [5, 5.41) is 2.92. The fourth-order valence-electron chi connectivity index (χ4n) is 4.56. The number of anilines is 1. The first kappa shape index (κ1) is 29.9. The maximum absolute atomic E-state index is 14.1. The summed E-state index contributed by atoms with van der Waals surface area (Å²) in [7, 11) is -4.07. The molecule has 0 spiro atoms. The van der Waals surface area contributed by atoms with Crippen LogP contribution in [0.25, 0.3) is 0 Å². The molecule has 1 atom stereocenters.